The van der Waals surface area contributed by atoms with Gasteiger partial charge < -0.3 is 19.3 Å². The molecule has 1 aliphatic rings. The Bertz CT molecular complexity index is 1500. The second kappa shape index (κ2) is 10.7. The third kappa shape index (κ3) is 5.65. The number of rotatable bonds is 7. The van der Waals surface area contributed by atoms with Gasteiger partial charge in [0.15, 0.2) is 5.82 Å². The largest absolute Gasteiger partial charge is 0.496 e. The molecule has 2 aromatic heterocycles. The third-order valence-corrected chi connectivity index (χ3v) is 7.23. The van der Waals surface area contributed by atoms with Crippen LogP contribution < -0.4 is 10.1 Å². The Labute approximate surface area is 227 Å². The van der Waals surface area contributed by atoms with Crippen molar-refractivity contribution >= 4 is 22.9 Å². The Hall–Kier alpha value is -3.82. The number of nitrogens with one attached hydrogen (secondary N) is 1. The normalized spacial score (nSPS) is 15.0. The number of hydrogen-bond donors (Lipinski definition) is 2. The molecule has 9 heteroatoms. The summed E-state index contributed by atoms with van der Waals surface area (Å²) in [6.07, 6.45) is 3.55. The highest BCUT2D eigenvalue weighted by atomic mass is 19.1. The molecule has 1 saturated heterocycles. The van der Waals surface area contributed by atoms with E-state index in [2.05, 4.69) is 34.4 Å². The summed E-state index contributed by atoms with van der Waals surface area (Å²) in [7, 11) is 3.64. The minimum atomic E-state index is -1.07. The second-order valence-electron chi connectivity index (χ2n) is 10.8. The molecule has 0 spiro atoms. The van der Waals surface area contributed by atoms with Crippen LogP contribution in [0.1, 0.15) is 48.5 Å². The van der Waals surface area contributed by atoms with Gasteiger partial charge in [-0.05, 0) is 88.6 Å². The fourth-order valence-corrected chi connectivity index (χ4v) is 5.20. The lowest BCUT2D eigenvalue weighted by Crippen LogP contribution is -2.29. The van der Waals surface area contributed by atoms with Crippen molar-refractivity contribution in [3.05, 3.63) is 71.7 Å². The molecule has 2 aromatic carbocycles. The summed E-state index contributed by atoms with van der Waals surface area (Å²) in [5.41, 5.74) is 1.95. The van der Waals surface area contributed by atoms with E-state index in [1.54, 1.807) is 42.7 Å². The first-order valence-electron chi connectivity index (χ1n) is 13.1. The number of ether oxygens (including phenoxy) is 1. The quantitative estimate of drug-likeness (QED) is 0.346. The minimum absolute atomic E-state index is 0.0212. The molecule has 0 saturated carbocycles. The van der Waals surface area contributed by atoms with Gasteiger partial charge in [0.1, 0.15) is 11.4 Å². The molecule has 8 nitrogen and oxygen atoms in total. The number of anilines is 1. The van der Waals surface area contributed by atoms with Crippen molar-refractivity contribution < 1.29 is 19.0 Å². The molecular formula is C30H34FN5O3. The Morgan fingerprint density at radius 2 is 1.92 bits per heavy atom. The molecule has 39 heavy (non-hydrogen) atoms. The summed E-state index contributed by atoms with van der Waals surface area (Å²) in [5, 5.41) is 13.4. The van der Waals surface area contributed by atoms with Crippen LogP contribution >= 0.6 is 0 Å². The molecule has 0 radical (unpaired) electrons. The number of para-hydroxylation sites is 1. The lowest BCUT2D eigenvalue weighted by atomic mass is 9.89. The van der Waals surface area contributed by atoms with Crippen LogP contribution in [0.25, 0.3) is 22.3 Å². The van der Waals surface area contributed by atoms with Gasteiger partial charge in [0, 0.05) is 11.8 Å². The van der Waals surface area contributed by atoms with Crippen molar-refractivity contribution in [2.24, 2.45) is 0 Å². The number of nitrogens with zero attached hydrogens (tertiary/aromatic N) is 4. The highest BCUT2D eigenvalue weighted by molar-refractivity contribution is 6.05. The number of aromatic nitrogens is 3. The third-order valence-electron chi connectivity index (χ3n) is 7.23. The first-order chi connectivity index (χ1) is 18.6. The van der Waals surface area contributed by atoms with E-state index < -0.39 is 17.3 Å². The molecule has 3 heterocycles. The van der Waals surface area contributed by atoms with Gasteiger partial charge in [0.05, 0.1) is 35.9 Å². The zero-order valence-corrected chi connectivity index (χ0v) is 22.7. The fraction of sp³-hybridized carbons (Fsp3) is 0.367. The van der Waals surface area contributed by atoms with Gasteiger partial charge in [0.25, 0.3) is 5.91 Å². The number of piperidine rings is 1. The Kier molecular flexibility index (Phi) is 7.38. The predicted octanol–water partition coefficient (Wildman–Crippen LogP) is 5.08. The molecule has 204 valence electrons. The van der Waals surface area contributed by atoms with Crippen LogP contribution in [0.3, 0.4) is 0 Å². The topological polar surface area (TPSA) is 92.5 Å². The number of halogens is 1. The molecular weight excluding hydrogens is 497 g/mol. The van der Waals surface area contributed by atoms with Gasteiger partial charge in [-0.3, -0.25) is 15.1 Å². The molecule has 1 aliphatic heterocycles. The molecule has 2 N–H and O–H groups in total. The van der Waals surface area contributed by atoms with E-state index in [1.165, 1.54) is 24.9 Å². The van der Waals surface area contributed by atoms with Crippen LogP contribution in [0.2, 0.25) is 0 Å². The van der Waals surface area contributed by atoms with Crippen LogP contribution in [0.4, 0.5) is 10.3 Å². The summed E-state index contributed by atoms with van der Waals surface area (Å²) in [6.45, 7) is 5.67. The predicted molar refractivity (Wildman–Crippen MR) is 150 cm³/mol. The van der Waals surface area contributed by atoms with Crippen molar-refractivity contribution in [3.8, 4) is 17.0 Å². The van der Waals surface area contributed by atoms with Crippen molar-refractivity contribution in [3.63, 3.8) is 0 Å². The number of carbonyl (C=O) groups is 1. The van der Waals surface area contributed by atoms with E-state index in [4.69, 9.17) is 9.72 Å². The van der Waals surface area contributed by atoms with E-state index in [-0.39, 0.29) is 23.8 Å². The highest BCUT2D eigenvalue weighted by Crippen LogP contribution is 2.33. The molecule has 1 amide bonds. The maximum absolute atomic E-state index is 15.6. The number of hydrogen-bond acceptors (Lipinski definition) is 6. The average molecular weight is 532 g/mol. The summed E-state index contributed by atoms with van der Waals surface area (Å²) < 4.78 is 22.8. The van der Waals surface area contributed by atoms with E-state index >= 15 is 4.39 Å². The van der Waals surface area contributed by atoms with Gasteiger partial charge in [-0.2, -0.15) is 0 Å². The number of fused-ring (bicyclic) bond motifs is 1. The number of imidazole rings is 1. The minimum Gasteiger partial charge on any atom is -0.496 e. The van der Waals surface area contributed by atoms with E-state index in [0.29, 0.717) is 17.2 Å². The molecule has 0 bridgehead atoms. The number of carbonyl (C=O) groups excluding carboxylic acids is 1. The van der Waals surface area contributed by atoms with Crippen molar-refractivity contribution in [2.75, 3.05) is 32.6 Å². The molecule has 0 atom stereocenters. The lowest BCUT2D eigenvalue weighted by molar-refractivity contribution is 0.0630. The number of methoxy groups -OCH3 is 1. The number of amides is 1. The summed E-state index contributed by atoms with van der Waals surface area (Å²) in [6, 6.07) is 14.4. The Morgan fingerprint density at radius 3 is 2.64 bits per heavy atom. The van der Waals surface area contributed by atoms with Gasteiger partial charge in [0.2, 0.25) is 5.95 Å². The molecule has 1 fully saturated rings. The summed E-state index contributed by atoms with van der Waals surface area (Å²) >= 11 is 0. The van der Waals surface area contributed by atoms with Crippen molar-refractivity contribution in [1.82, 2.24) is 19.4 Å². The van der Waals surface area contributed by atoms with E-state index in [9.17, 15) is 9.90 Å². The molecule has 0 aliphatic carbocycles. The van der Waals surface area contributed by atoms with E-state index in [0.717, 1.165) is 37.0 Å². The van der Waals surface area contributed by atoms with Gasteiger partial charge in [-0.25, -0.2) is 9.37 Å². The van der Waals surface area contributed by atoms with Crippen LogP contribution in [0.5, 0.6) is 5.75 Å². The zero-order chi connectivity index (χ0) is 27.7. The number of aliphatic hydroxyl groups is 1. The molecule has 5 rings (SSSR count). The Morgan fingerprint density at radius 1 is 1.18 bits per heavy atom. The van der Waals surface area contributed by atoms with Crippen LogP contribution in [-0.4, -0.2) is 63.3 Å². The average Bonchev–Trinajstić information content (AvgIpc) is 3.23. The van der Waals surface area contributed by atoms with Crippen molar-refractivity contribution in [1.29, 1.82) is 0 Å². The van der Waals surface area contributed by atoms with Crippen molar-refractivity contribution in [2.45, 2.75) is 44.8 Å². The maximum atomic E-state index is 15.6. The Balaban J connectivity index is 1.50. The van der Waals surface area contributed by atoms with Crippen LogP contribution in [-0.2, 0) is 6.54 Å². The van der Waals surface area contributed by atoms with Gasteiger partial charge in [-0.1, -0.05) is 18.2 Å². The number of pyridine rings is 1. The number of benzene rings is 2. The monoisotopic (exact) mass is 531 g/mol. The van der Waals surface area contributed by atoms with E-state index in [1.807, 2.05) is 6.07 Å². The van der Waals surface area contributed by atoms with Gasteiger partial charge >= 0.3 is 0 Å². The molecule has 4 aromatic rings. The fourth-order valence-electron chi connectivity index (χ4n) is 5.20. The highest BCUT2D eigenvalue weighted by Gasteiger charge is 2.25. The summed E-state index contributed by atoms with van der Waals surface area (Å²) in [5.74, 6) is -0.271. The standard InChI is InChI=1S/C30H34FN5O3/c1-30(2,38)18-36-24-10-9-20(19-12-15-35(3)16-13-19)17-23(24)33-29(36)34-28(37)22-11-14-32-27(26(22)31)21-7-5-6-8-25(21)39-4/h5-11,14,17,19,38H,12-13,15-16,18H2,1-4H3,(H,33,34,37). The first kappa shape index (κ1) is 26.8. The van der Waals surface area contributed by atoms with Crippen LogP contribution in [0.15, 0.2) is 54.7 Å². The summed E-state index contributed by atoms with van der Waals surface area (Å²) in [4.78, 5) is 24.6. The lowest BCUT2D eigenvalue weighted by Gasteiger charge is -2.29. The van der Waals surface area contributed by atoms with Crippen LogP contribution in [0, 0.1) is 5.82 Å². The maximum Gasteiger partial charge on any atom is 0.261 e. The molecule has 0 unspecified atom stereocenters. The zero-order valence-electron chi connectivity index (χ0n) is 22.7. The smallest absolute Gasteiger partial charge is 0.261 e. The number of likely N-dealkylation sites (tertiary alicyclic amines) is 1. The van der Waals surface area contributed by atoms with Gasteiger partial charge in [-0.15, -0.1) is 0 Å². The SMILES string of the molecule is COc1ccccc1-c1nccc(C(=O)Nc2nc3cc(C4CCN(C)CC4)ccc3n2CC(C)(C)O)c1F. The second-order valence-corrected chi connectivity index (χ2v) is 10.8. The first-order valence-corrected chi connectivity index (χ1v) is 13.1.